The van der Waals surface area contributed by atoms with Gasteiger partial charge in [-0.2, -0.15) is 0 Å². The van der Waals surface area contributed by atoms with E-state index in [1.54, 1.807) is 4.90 Å². The number of hydrogen-bond acceptors (Lipinski definition) is 3. The van der Waals surface area contributed by atoms with Gasteiger partial charge >= 0.3 is 6.09 Å². The van der Waals surface area contributed by atoms with Crippen LogP contribution in [0.5, 0.6) is 0 Å². The van der Waals surface area contributed by atoms with Crippen LogP contribution in [0, 0.1) is 5.41 Å². The first-order valence-electron chi connectivity index (χ1n) is 6.72. The fraction of sp³-hybridized carbons (Fsp3) is 0.846. The topological polar surface area (TPSA) is 86.9 Å². The summed E-state index contributed by atoms with van der Waals surface area (Å²) in [7, 11) is 0. The number of fused-ring (bicyclic) bond motifs is 2. The molecule has 2 saturated heterocycles. The first-order chi connectivity index (χ1) is 8.64. The second kappa shape index (κ2) is 4.37. The van der Waals surface area contributed by atoms with Crippen molar-refractivity contribution < 1.29 is 14.7 Å². The molecule has 2 rings (SSSR count). The van der Waals surface area contributed by atoms with E-state index in [9.17, 15) is 9.59 Å². The molecule has 2 amide bonds. The van der Waals surface area contributed by atoms with E-state index < -0.39 is 12.1 Å². The third-order valence-electron chi connectivity index (χ3n) is 4.41. The molecular weight excluding hydrogens is 246 g/mol. The average Bonchev–Trinajstić information content (AvgIpc) is 2.83. The molecule has 2 aliphatic rings. The SMILES string of the molecule is CC1C2CC(CN2C(=O)O)N1C(=O)C(N)C(C)(C)C. The van der Waals surface area contributed by atoms with Gasteiger partial charge in [0.15, 0.2) is 0 Å². The molecule has 2 aliphatic heterocycles. The van der Waals surface area contributed by atoms with Crippen LogP contribution in [0.3, 0.4) is 0 Å². The van der Waals surface area contributed by atoms with E-state index in [1.165, 1.54) is 4.90 Å². The van der Waals surface area contributed by atoms with E-state index in [0.717, 1.165) is 6.42 Å². The maximum atomic E-state index is 12.5. The molecular formula is C13H23N3O3. The molecule has 6 nitrogen and oxygen atoms in total. The van der Waals surface area contributed by atoms with E-state index in [4.69, 9.17) is 10.8 Å². The van der Waals surface area contributed by atoms with Crippen LogP contribution < -0.4 is 5.73 Å². The zero-order valence-electron chi connectivity index (χ0n) is 12.0. The van der Waals surface area contributed by atoms with Crippen molar-refractivity contribution in [2.75, 3.05) is 6.54 Å². The largest absolute Gasteiger partial charge is 0.465 e. The first-order valence-corrected chi connectivity index (χ1v) is 6.72. The molecule has 2 heterocycles. The summed E-state index contributed by atoms with van der Waals surface area (Å²) in [6, 6.07) is -0.737. The number of nitrogens with zero attached hydrogens (tertiary/aromatic N) is 2. The first kappa shape index (κ1) is 14.1. The highest BCUT2D eigenvalue weighted by molar-refractivity contribution is 5.84. The molecule has 19 heavy (non-hydrogen) atoms. The molecule has 0 aromatic carbocycles. The Morgan fingerprint density at radius 2 is 1.95 bits per heavy atom. The maximum absolute atomic E-state index is 12.5. The van der Waals surface area contributed by atoms with E-state index in [2.05, 4.69) is 0 Å². The number of carbonyl (C=O) groups is 2. The van der Waals surface area contributed by atoms with Crippen molar-refractivity contribution >= 4 is 12.0 Å². The molecule has 108 valence electrons. The lowest BCUT2D eigenvalue weighted by Crippen LogP contribution is -2.60. The van der Waals surface area contributed by atoms with Crippen molar-refractivity contribution in [3.8, 4) is 0 Å². The Kier molecular flexibility index (Phi) is 3.24. The van der Waals surface area contributed by atoms with Gasteiger partial charge in [-0.3, -0.25) is 4.79 Å². The van der Waals surface area contributed by atoms with E-state index >= 15 is 0 Å². The summed E-state index contributed by atoms with van der Waals surface area (Å²) in [5, 5.41) is 9.11. The summed E-state index contributed by atoms with van der Waals surface area (Å²) in [5.41, 5.74) is 5.75. The quantitative estimate of drug-likeness (QED) is 0.734. The van der Waals surface area contributed by atoms with Crippen LogP contribution >= 0.6 is 0 Å². The van der Waals surface area contributed by atoms with Crippen LogP contribution in [0.15, 0.2) is 0 Å². The number of likely N-dealkylation sites (tertiary alicyclic amines) is 2. The highest BCUT2D eigenvalue weighted by atomic mass is 16.4. The van der Waals surface area contributed by atoms with Gasteiger partial charge in [0, 0.05) is 12.6 Å². The minimum absolute atomic E-state index is 0.0167. The predicted molar refractivity (Wildman–Crippen MR) is 70.7 cm³/mol. The minimum atomic E-state index is -0.897. The highest BCUT2D eigenvalue weighted by Crippen LogP contribution is 2.37. The molecule has 4 unspecified atom stereocenters. The minimum Gasteiger partial charge on any atom is -0.465 e. The third-order valence-corrected chi connectivity index (χ3v) is 4.41. The van der Waals surface area contributed by atoms with E-state index in [1.807, 2.05) is 27.7 Å². The molecule has 0 aliphatic carbocycles. The van der Waals surface area contributed by atoms with Gasteiger partial charge in [-0.05, 0) is 18.8 Å². The number of rotatable bonds is 1. The maximum Gasteiger partial charge on any atom is 0.407 e. The lowest BCUT2D eigenvalue weighted by molar-refractivity contribution is -0.139. The molecule has 0 aromatic heterocycles. The third kappa shape index (κ3) is 2.18. The van der Waals surface area contributed by atoms with Gasteiger partial charge in [0.1, 0.15) is 0 Å². The number of carbonyl (C=O) groups excluding carboxylic acids is 1. The number of piperazine rings is 1. The molecule has 6 heteroatoms. The standard InChI is InChI=1S/C13H23N3O3/c1-7-9-5-8(6-15(9)12(18)19)16(7)11(17)10(14)13(2,3)4/h7-10H,5-6,14H2,1-4H3,(H,18,19). The lowest BCUT2D eigenvalue weighted by atomic mass is 9.86. The van der Waals surface area contributed by atoms with Gasteiger partial charge in [-0.1, -0.05) is 20.8 Å². The second-order valence-corrected chi connectivity index (χ2v) is 6.72. The molecule has 0 spiro atoms. The molecule has 2 bridgehead atoms. The fourth-order valence-electron chi connectivity index (χ4n) is 3.15. The van der Waals surface area contributed by atoms with Gasteiger partial charge in [-0.25, -0.2) is 4.79 Å². The van der Waals surface area contributed by atoms with Gasteiger partial charge < -0.3 is 20.6 Å². The smallest absolute Gasteiger partial charge is 0.407 e. The predicted octanol–water partition coefficient (Wildman–Crippen LogP) is 0.711. The van der Waals surface area contributed by atoms with Crippen LogP contribution in [0.25, 0.3) is 0 Å². The van der Waals surface area contributed by atoms with E-state index in [0.29, 0.717) is 6.54 Å². The molecule has 0 radical (unpaired) electrons. The molecule has 2 fully saturated rings. The monoisotopic (exact) mass is 269 g/mol. The second-order valence-electron chi connectivity index (χ2n) is 6.72. The van der Waals surface area contributed by atoms with Crippen molar-refractivity contribution in [1.29, 1.82) is 0 Å². The number of hydrogen-bond donors (Lipinski definition) is 2. The zero-order chi connectivity index (χ0) is 14.5. The van der Waals surface area contributed by atoms with Gasteiger partial charge in [-0.15, -0.1) is 0 Å². The molecule has 0 saturated carbocycles. The Balaban J connectivity index is 2.14. The van der Waals surface area contributed by atoms with Crippen LogP contribution in [-0.2, 0) is 4.79 Å². The summed E-state index contributed by atoms with van der Waals surface area (Å²) in [4.78, 5) is 26.9. The summed E-state index contributed by atoms with van der Waals surface area (Å²) >= 11 is 0. The molecule has 3 N–H and O–H groups in total. The zero-order valence-corrected chi connectivity index (χ0v) is 12.0. The highest BCUT2D eigenvalue weighted by Gasteiger charge is 2.53. The Morgan fingerprint density at radius 1 is 1.37 bits per heavy atom. The van der Waals surface area contributed by atoms with Crippen molar-refractivity contribution in [2.24, 2.45) is 11.1 Å². The summed E-state index contributed by atoms with van der Waals surface area (Å²) in [6.07, 6.45) is -0.164. The van der Waals surface area contributed by atoms with Gasteiger partial charge in [0.2, 0.25) is 5.91 Å². The number of amides is 2. The van der Waals surface area contributed by atoms with Crippen molar-refractivity contribution in [1.82, 2.24) is 9.80 Å². The Bertz CT molecular complexity index is 402. The van der Waals surface area contributed by atoms with Crippen LogP contribution in [0.4, 0.5) is 4.79 Å². The Labute approximate surface area is 113 Å². The average molecular weight is 269 g/mol. The normalized spacial score (nSPS) is 31.7. The number of nitrogens with two attached hydrogens (primary N) is 1. The Morgan fingerprint density at radius 3 is 2.37 bits per heavy atom. The summed E-state index contributed by atoms with van der Waals surface area (Å²) in [5.74, 6) is -0.0578. The van der Waals surface area contributed by atoms with E-state index in [-0.39, 0.29) is 29.4 Å². The molecule has 4 atom stereocenters. The summed E-state index contributed by atoms with van der Waals surface area (Å²) in [6.45, 7) is 8.15. The van der Waals surface area contributed by atoms with Crippen LogP contribution in [0.2, 0.25) is 0 Å². The van der Waals surface area contributed by atoms with Crippen molar-refractivity contribution in [2.45, 2.75) is 58.3 Å². The molecule has 0 aromatic rings. The lowest BCUT2D eigenvalue weighted by Gasteiger charge is -2.41. The van der Waals surface area contributed by atoms with Crippen LogP contribution in [0.1, 0.15) is 34.1 Å². The fourth-order valence-corrected chi connectivity index (χ4v) is 3.15. The Hall–Kier alpha value is -1.30. The summed E-state index contributed by atoms with van der Waals surface area (Å²) < 4.78 is 0. The van der Waals surface area contributed by atoms with Crippen molar-refractivity contribution in [3.63, 3.8) is 0 Å². The van der Waals surface area contributed by atoms with Gasteiger partial charge in [0.05, 0.1) is 18.1 Å². The van der Waals surface area contributed by atoms with Crippen LogP contribution in [-0.4, -0.2) is 57.6 Å². The van der Waals surface area contributed by atoms with Gasteiger partial charge in [0.25, 0.3) is 0 Å². The van der Waals surface area contributed by atoms with Crippen molar-refractivity contribution in [3.05, 3.63) is 0 Å². The number of carboxylic acid groups (broad SMARTS) is 1.